The third-order valence-corrected chi connectivity index (χ3v) is 7.93. The molecule has 1 aliphatic heterocycles. The number of fused-ring (bicyclic) bond motifs is 3. The average molecular weight is 938 g/mol. The number of nitrogens with zero attached hydrogens (tertiary/aromatic N) is 3. The van der Waals surface area contributed by atoms with Crippen molar-refractivity contribution in [2.75, 3.05) is 13.6 Å². The molecule has 7 nitrogen and oxygen atoms in total. The molecule has 5 rings (SSSR count). The van der Waals surface area contributed by atoms with Gasteiger partial charge in [-0.05, 0) is 66.1 Å². The summed E-state index contributed by atoms with van der Waals surface area (Å²) in [4.78, 5) is 1.67. The molecule has 0 radical (unpaired) electrons. The van der Waals surface area contributed by atoms with E-state index in [0.717, 1.165) is 29.7 Å². The first kappa shape index (κ1) is 33.9. The SMILES string of the molecule is [CH2-]N([CH2-])CCc1ccc(O[P+](=S)N(C)/N=C/c2ccc(OC3Oc4ccccc4-c4ccccc4O3)cc2)cc1.[W].[W]. The molecule has 4 aromatic carbocycles. The van der Waals surface area contributed by atoms with E-state index in [2.05, 4.69) is 19.2 Å². The Labute approximate surface area is 281 Å². The van der Waals surface area contributed by atoms with E-state index in [0.29, 0.717) is 23.0 Å². The molecule has 0 saturated carbocycles. The van der Waals surface area contributed by atoms with E-state index < -0.39 is 13.6 Å². The van der Waals surface area contributed by atoms with Crippen LogP contribution in [0, 0.1) is 14.1 Å². The van der Waals surface area contributed by atoms with Crippen molar-refractivity contribution in [2.45, 2.75) is 12.9 Å². The van der Waals surface area contributed by atoms with Crippen LogP contribution in [-0.4, -0.2) is 36.0 Å². The van der Waals surface area contributed by atoms with Crippen molar-refractivity contribution in [3.63, 3.8) is 0 Å². The molecule has 4 aromatic rings. The summed E-state index contributed by atoms with van der Waals surface area (Å²) >= 11 is 5.54. The maximum absolute atomic E-state index is 6.05. The van der Waals surface area contributed by atoms with Gasteiger partial charge in [0.1, 0.15) is 17.2 Å². The van der Waals surface area contributed by atoms with Gasteiger partial charge in [0, 0.05) is 53.3 Å². The second-order valence-corrected chi connectivity index (χ2v) is 11.2. The standard InChI is InChI=1S/C31H29N3O4PS.2W/c1-33(2)21-20-23-12-18-26(19-13-23)38-39(40)34(3)32-22-24-14-16-25(17-15-24)35-31-36-29-10-6-4-8-27(29)28-9-5-7-11-30(28)37-31;;/h4-19,22,31H,1-2,20-21H2,3H3;;/q-1;;/b32-22+;;. The molecule has 0 spiro atoms. The zero-order chi connectivity index (χ0) is 27.9. The molecule has 1 heterocycles. The fourth-order valence-corrected chi connectivity index (χ4v) is 4.89. The van der Waals surface area contributed by atoms with E-state index in [-0.39, 0.29) is 42.1 Å². The van der Waals surface area contributed by atoms with Crippen molar-refractivity contribution >= 4 is 25.1 Å². The predicted molar refractivity (Wildman–Crippen MR) is 162 cm³/mol. The molecule has 11 heteroatoms. The largest absolute Gasteiger partial charge is 0.610 e. The third-order valence-electron chi connectivity index (χ3n) is 6.06. The summed E-state index contributed by atoms with van der Waals surface area (Å²) in [6.45, 7) is -0.156. The first-order valence-electron chi connectivity index (χ1n) is 12.6. The molecule has 0 amide bonds. The Bertz CT molecular complexity index is 1440. The quantitative estimate of drug-likeness (QED) is 0.0734. The van der Waals surface area contributed by atoms with Crippen LogP contribution < -0.4 is 18.7 Å². The van der Waals surface area contributed by atoms with Gasteiger partial charge in [0.25, 0.3) is 0 Å². The van der Waals surface area contributed by atoms with E-state index in [4.69, 9.17) is 30.5 Å². The number of para-hydroxylation sites is 2. The second-order valence-electron chi connectivity index (χ2n) is 9.06. The first-order chi connectivity index (χ1) is 19.4. The van der Waals surface area contributed by atoms with Crippen LogP contribution in [0.3, 0.4) is 0 Å². The average Bonchev–Trinajstić information content (AvgIpc) is 3.12. The molecule has 1 atom stereocenters. The summed E-state index contributed by atoms with van der Waals surface area (Å²) in [7, 11) is 7.96. The van der Waals surface area contributed by atoms with Crippen LogP contribution in [0.2, 0.25) is 0 Å². The Hall–Kier alpha value is -2.59. The fraction of sp³-hybridized carbons (Fsp3) is 0.129. The van der Waals surface area contributed by atoms with E-state index in [9.17, 15) is 0 Å². The summed E-state index contributed by atoms with van der Waals surface area (Å²) in [6, 6.07) is 31.0. The number of benzene rings is 4. The van der Waals surface area contributed by atoms with Gasteiger partial charge in [-0.3, -0.25) is 4.52 Å². The summed E-state index contributed by atoms with van der Waals surface area (Å²) in [6.07, 6.45) is 2.60. The molecular formula is C31H29N3O4PSW2-. The molecule has 0 saturated heterocycles. The van der Waals surface area contributed by atoms with E-state index in [1.54, 1.807) is 22.9 Å². The molecule has 0 aliphatic carbocycles. The van der Waals surface area contributed by atoms with Crippen molar-refractivity contribution in [2.24, 2.45) is 5.10 Å². The number of hydrogen-bond acceptors (Lipinski definition) is 7. The van der Waals surface area contributed by atoms with Gasteiger partial charge in [0.15, 0.2) is 5.75 Å². The normalized spacial score (nSPS) is 12.4. The molecule has 0 fully saturated rings. The van der Waals surface area contributed by atoms with Gasteiger partial charge in [-0.15, -0.1) is 5.10 Å². The van der Waals surface area contributed by atoms with Crippen LogP contribution in [0.4, 0.5) is 0 Å². The number of hydrazone groups is 1. The Morgan fingerprint density at radius 3 is 1.95 bits per heavy atom. The number of ether oxygens (including phenoxy) is 3. The van der Waals surface area contributed by atoms with Crippen molar-refractivity contribution < 1.29 is 60.9 Å². The topological polar surface area (TPSA) is 55.8 Å². The maximum atomic E-state index is 6.05. The zero-order valence-corrected chi connectivity index (χ0v) is 30.4. The Kier molecular flexibility index (Phi) is 13.2. The molecule has 0 aromatic heterocycles. The van der Waals surface area contributed by atoms with Crippen molar-refractivity contribution in [3.05, 3.63) is 122 Å². The summed E-state index contributed by atoms with van der Waals surface area (Å²) in [5, 5.41) is 4.46. The van der Waals surface area contributed by atoms with Gasteiger partial charge in [-0.25, -0.2) is 0 Å². The fourth-order valence-electron chi connectivity index (χ4n) is 3.95. The minimum atomic E-state index is -1.37. The van der Waals surface area contributed by atoms with Crippen LogP contribution in [-0.2, 0) is 60.4 Å². The van der Waals surface area contributed by atoms with Gasteiger partial charge in [-0.2, -0.15) is 0 Å². The van der Waals surface area contributed by atoms with Gasteiger partial charge in [0.05, 0.1) is 13.3 Å². The van der Waals surface area contributed by atoms with Gasteiger partial charge >= 0.3 is 13.6 Å². The zero-order valence-electron chi connectivity index (χ0n) is 22.9. The summed E-state index contributed by atoms with van der Waals surface area (Å²) < 4.78 is 25.7. The van der Waals surface area contributed by atoms with Crippen molar-refractivity contribution in [1.29, 1.82) is 0 Å². The summed E-state index contributed by atoms with van der Waals surface area (Å²) in [5.41, 5.74) is 3.98. The molecule has 42 heavy (non-hydrogen) atoms. The predicted octanol–water partition coefficient (Wildman–Crippen LogP) is 7.03. The van der Waals surface area contributed by atoms with Crippen LogP contribution in [0.15, 0.2) is 102 Å². The Balaban J connectivity index is 0.00000242. The number of rotatable bonds is 10. The molecule has 216 valence electrons. The molecule has 1 aliphatic rings. The van der Waals surface area contributed by atoms with E-state index >= 15 is 0 Å². The van der Waals surface area contributed by atoms with Crippen molar-refractivity contribution in [3.8, 4) is 34.1 Å². The van der Waals surface area contributed by atoms with Crippen LogP contribution >= 0.6 is 7.07 Å². The van der Waals surface area contributed by atoms with Crippen molar-refractivity contribution in [1.82, 2.24) is 9.68 Å². The first-order valence-corrected chi connectivity index (χ1v) is 14.9. The minimum absolute atomic E-state index is 0. The summed E-state index contributed by atoms with van der Waals surface area (Å²) in [5.74, 6) is 2.70. The van der Waals surface area contributed by atoms with E-state index in [1.807, 2.05) is 97.1 Å². The Morgan fingerprint density at radius 2 is 1.38 bits per heavy atom. The number of hydrogen-bond donors (Lipinski definition) is 0. The Morgan fingerprint density at radius 1 is 0.833 bits per heavy atom. The van der Waals surface area contributed by atoms with Crippen LogP contribution in [0.1, 0.15) is 11.1 Å². The van der Waals surface area contributed by atoms with E-state index in [1.165, 1.54) is 5.56 Å². The monoisotopic (exact) mass is 938 g/mol. The van der Waals surface area contributed by atoms with Gasteiger partial charge in [0.2, 0.25) is 11.8 Å². The third kappa shape index (κ3) is 9.20. The molecule has 1 unspecified atom stereocenters. The maximum Gasteiger partial charge on any atom is 0.540 e. The minimum Gasteiger partial charge on any atom is -0.610 e. The second kappa shape index (κ2) is 16.3. The smallest absolute Gasteiger partial charge is 0.540 e. The molecule has 0 N–H and O–H groups in total. The van der Waals surface area contributed by atoms with Crippen LogP contribution in [0.5, 0.6) is 23.0 Å². The van der Waals surface area contributed by atoms with Gasteiger partial charge < -0.3 is 33.2 Å². The van der Waals surface area contributed by atoms with Crippen LogP contribution in [0.25, 0.3) is 11.1 Å². The molecule has 0 bridgehead atoms. The van der Waals surface area contributed by atoms with Gasteiger partial charge in [-0.1, -0.05) is 59.9 Å². The molecular weight excluding hydrogens is 909 g/mol.